The molecule has 3 heteroatoms. The van der Waals surface area contributed by atoms with Crippen LogP contribution in [0.15, 0.2) is 30.3 Å². The predicted octanol–water partition coefficient (Wildman–Crippen LogP) is 1.21. The van der Waals surface area contributed by atoms with Crippen LogP contribution in [-0.4, -0.2) is 31.1 Å². The number of methoxy groups -OCH3 is 1. The molecule has 0 bridgehead atoms. The quantitative estimate of drug-likeness (QED) is 0.520. The van der Waals surface area contributed by atoms with Gasteiger partial charge in [0.15, 0.2) is 0 Å². The minimum Gasteiger partial charge on any atom is -0.468 e. The van der Waals surface area contributed by atoms with E-state index in [9.17, 15) is 4.79 Å². The Morgan fingerprint density at radius 1 is 1.36 bits per heavy atom. The maximum Gasteiger partial charge on any atom is 0.325 e. The van der Waals surface area contributed by atoms with Gasteiger partial charge in [-0.2, -0.15) is 0 Å². The van der Waals surface area contributed by atoms with Crippen molar-refractivity contribution < 1.29 is 9.53 Å². The first-order valence-corrected chi connectivity index (χ1v) is 4.60. The van der Waals surface area contributed by atoms with Crippen LogP contribution < -0.4 is 0 Å². The van der Waals surface area contributed by atoms with Gasteiger partial charge in [0.05, 0.1) is 13.2 Å². The minimum absolute atomic E-state index is 0.0950. The molecule has 1 aromatic carbocycles. The van der Waals surface area contributed by atoms with Crippen molar-refractivity contribution in [3.8, 4) is 0 Å². The van der Waals surface area contributed by atoms with Gasteiger partial charge in [-0.05, 0) is 12.6 Å². The molecule has 1 aromatic rings. The molecule has 0 aromatic heterocycles. The number of carbonyl (C=O) groups is 1. The summed E-state index contributed by atoms with van der Waals surface area (Å²) in [5.74, 6) is -0.152. The average Bonchev–Trinajstić information content (AvgIpc) is 2.90. The van der Waals surface area contributed by atoms with E-state index in [1.165, 1.54) is 12.7 Å². The van der Waals surface area contributed by atoms with Crippen LogP contribution in [0.3, 0.4) is 0 Å². The van der Waals surface area contributed by atoms with Crippen molar-refractivity contribution in [3.05, 3.63) is 35.9 Å². The summed E-state index contributed by atoms with van der Waals surface area (Å²) >= 11 is 0. The number of carbonyl (C=O) groups excluding carboxylic acids is 1. The van der Waals surface area contributed by atoms with Crippen LogP contribution in [0.5, 0.6) is 0 Å². The third-order valence-electron chi connectivity index (χ3n) is 2.67. The molecule has 0 radical (unpaired) electrons. The number of hydrogen-bond acceptors (Lipinski definition) is 3. The van der Waals surface area contributed by atoms with E-state index in [0.29, 0.717) is 0 Å². The Morgan fingerprint density at radius 3 is 2.57 bits per heavy atom. The number of esters is 1. The molecular formula is C11H13NO2. The van der Waals surface area contributed by atoms with Crippen molar-refractivity contribution in [2.45, 2.75) is 12.1 Å². The summed E-state index contributed by atoms with van der Waals surface area (Å²) in [6.07, 6.45) is 0. The second-order valence-corrected chi connectivity index (χ2v) is 3.49. The van der Waals surface area contributed by atoms with Crippen molar-refractivity contribution in [3.63, 3.8) is 0 Å². The maximum atomic E-state index is 11.3. The Bertz CT molecular complexity index is 336. The number of likely N-dealkylation sites (N-methyl/N-ethyl adjacent to an activating group) is 1. The zero-order chi connectivity index (χ0) is 10.1. The normalized spacial score (nSPS) is 29.7. The molecule has 3 atom stereocenters. The first kappa shape index (κ1) is 9.21. The van der Waals surface area contributed by atoms with Gasteiger partial charge in [0.1, 0.15) is 6.04 Å². The van der Waals surface area contributed by atoms with E-state index in [1.54, 1.807) is 0 Å². The Morgan fingerprint density at radius 2 is 2.00 bits per heavy atom. The molecular weight excluding hydrogens is 178 g/mol. The molecule has 1 saturated heterocycles. The monoisotopic (exact) mass is 191 g/mol. The van der Waals surface area contributed by atoms with E-state index in [4.69, 9.17) is 4.74 Å². The molecule has 0 spiro atoms. The summed E-state index contributed by atoms with van der Waals surface area (Å²) in [4.78, 5) is 13.3. The Labute approximate surface area is 83.3 Å². The van der Waals surface area contributed by atoms with Gasteiger partial charge < -0.3 is 4.74 Å². The highest BCUT2D eigenvalue weighted by Gasteiger charge is 2.51. The lowest BCUT2D eigenvalue weighted by atomic mass is 10.1. The molecule has 0 saturated carbocycles. The van der Waals surface area contributed by atoms with Crippen molar-refractivity contribution in [2.24, 2.45) is 0 Å². The van der Waals surface area contributed by atoms with E-state index in [1.807, 2.05) is 42.3 Å². The molecule has 0 amide bonds. The smallest absolute Gasteiger partial charge is 0.325 e. The maximum absolute atomic E-state index is 11.3. The zero-order valence-corrected chi connectivity index (χ0v) is 8.31. The van der Waals surface area contributed by atoms with Crippen LogP contribution >= 0.6 is 0 Å². The van der Waals surface area contributed by atoms with Gasteiger partial charge in [0, 0.05) is 0 Å². The van der Waals surface area contributed by atoms with Crippen LogP contribution in [0, 0.1) is 0 Å². The molecule has 0 N–H and O–H groups in total. The molecule has 1 fully saturated rings. The number of benzene rings is 1. The van der Waals surface area contributed by atoms with Crippen molar-refractivity contribution in [2.75, 3.05) is 14.2 Å². The van der Waals surface area contributed by atoms with E-state index in [0.717, 1.165) is 0 Å². The van der Waals surface area contributed by atoms with Gasteiger partial charge in [0.25, 0.3) is 0 Å². The Hall–Kier alpha value is -1.35. The van der Waals surface area contributed by atoms with Gasteiger partial charge in [-0.3, -0.25) is 9.69 Å². The van der Waals surface area contributed by atoms with Crippen LogP contribution in [0.2, 0.25) is 0 Å². The Balaban J connectivity index is 2.13. The lowest BCUT2D eigenvalue weighted by Crippen LogP contribution is -2.12. The Kier molecular flexibility index (Phi) is 2.25. The van der Waals surface area contributed by atoms with Crippen LogP contribution in [0.25, 0.3) is 0 Å². The van der Waals surface area contributed by atoms with E-state index in [-0.39, 0.29) is 18.1 Å². The van der Waals surface area contributed by atoms with Gasteiger partial charge in [0.2, 0.25) is 0 Å². The standard InChI is InChI=1S/C11H13NO2/c1-12-9(10(12)11(13)14-2)8-6-4-3-5-7-8/h3-7,9-10H,1-2H3/t9-,10+,12?/m0/s1. The fourth-order valence-corrected chi connectivity index (χ4v) is 1.82. The number of rotatable bonds is 2. The van der Waals surface area contributed by atoms with Gasteiger partial charge in [-0.25, -0.2) is 0 Å². The van der Waals surface area contributed by atoms with Crippen molar-refractivity contribution in [1.82, 2.24) is 4.90 Å². The molecule has 1 aliphatic rings. The van der Waals surface area contributed by atoms with Crippen LogP contribution in [0.1, 0.15) is 11.6 Å². The van der Waals surface area contributed by atoms with Gasteiger partial charge >= 0.3 is 5.97 Å². The fraction of sp³-hybridized carbons (Fsp3) is 0.364. The van der Waals surface area contributed by atoms with E-state index < -0.39 is 0 Å². The SMILES string of the molecule is COC(=O)[C@H]1[C@H](c2ccccc2)N1C. The van der Waals surface area contributed by atoms with Crippen molar-refractivity contribution >= 4 is 5.97 Å². The minimum atomic E-state index is -0.152. The summed E-state index contributed by atoms with van der Waals surface area (Å²) in [7, 11) is 3.36. The largest absolute Gasteiger partial charge is 0.468 e. The van der Waals surface area contributed by atoms with E-state index >= 15 is 0 Å². The van der Waals surface area contributed by atoms with Crippen LogP contribution in [0.4, 0.5) is 0 Å². The first-order valence-electron chi connectivity index (χ1n) is 4.60. The third kappa shape index (κ3) is 1.40. The van der Waals surface area contributed by atoms with Gasteiger partial charge in [-0.15, -0.1) is 0 Å². The zero-order valence-electron chi connectivity index (χ0n) is 8.31. The van der Waals surface area contributed by atoms with Crippen LogP contribution in [-0.2, 0) is 9.53 Å². The lowest BCUT2D eigenvalue weighted by molar-refractivity contribution is -0.140. The number of nitrogens with zero attached hydrogens (tertiary/aromatic N) is 1. The summed E-state index contributed by atoms with van der Waals surface area (Å²) in [6.45, 7) is 0. The molecule has 0 aliphatic carbocycles. The number of ether oxygens (including phenoxy) is 1. The summed E-state index contributed by atoms with van der Waals surface area (Å²) in [5, 5.41) is 0. The highest BCUT2D eigenvalue weighted by Crippen LogP contribution is 2.41. The molecule has 2 rings (SSSR count). The number of hydrogen-bond donors (Lipinski definition) is 0. The molecule has 3 nitrogen and oxygen atoms in total. The second-order valence-electron chi connectivity index (χ2n) is 3.49. The fourth-order valence-electron chi connectivity index (χ4n) is 1.82. The first-order chi connectivity index (χ1) is 6.75. The third-order valence-corrected chi connectivity index (χ3v) is 2.67. The molecule has 1 unspecified atom stereocenters. The summed E-state index contributed by atoms with van der Waals surface area (Å²) < 4.78 is 4.72. The summed E-state index contributed by atoms with van der Waals surface area (Å²) in [5.41, 5.74) is 1.17. The lowest BCUT2D eigenvalue weighted by Gasteiger charge is -1.96. The molecule has 1 aliphatic heterocycles. The highest BCUT2D eigenvalue weighted by molar-refractivity contribution is 5.80. The molecule has 1 heterocycles. The summed E-state index contributed by atoms with van der Waals surface area (Å²) in [6, 6.07) is 10.1. The average molecular weight is 191 g/mol. The molecule has 74 valence electrons. The van der Waals surface area contributed by atoms with E-state index in [2.05, 4.69) is 0 Å². The topological polar surface area (TPSA) is 29.3 Å². The predicted molar refractivity (Wildman–Crippen MR) is 52.8 cm³/mol. The van der Waals surface area contributed by atoms with Gasteiger partial charge in [-0.1, -0.05) is 30.3 Å². The molecule has 14 heavy (non-hydrogen) atoms. The highest BCUT2D eigenvalue weighted by atomic mass is 16.5. The van der Waals surface area contributed by atoms with Crippen molar-refractivity contribution in [1.29, 1.82) is 0 Å². The second kappa shape index (κ2) is 3.42.